The minimum absolute atomic E-state index is 0. The summed E-state index contributed by atoms with van der Waals surface area (Å²) in [6.45, 7) is 0. The molecule has 4 rings (SSSR count). The number of carbonyl (C=O) groups is 1. The normalized spacial score (nSPS) is 10.7. The number of aromatic carboxylic acids is 1. The molecule has 3 aromatic heterocycles. The summed E-state index contributed by atoms with van der Waals surface area (Å²) >= 11 is 0. The Hall–Kier alpha value is -2.35. The van der Waals surface area contributed by atoms with Crippen LogP contribution >= 0.6 is 0 Å². The molecule has 0 saturated carbocycles. The second-order valence-corrected chi connectivity index (χ2v) is 5.19. The quantitative estimate of drug-likeness (QED) is 0.393. The first-order chi connectivity index (χ1) is 11.1. The van der Waals surface area contributed by atoms with Gasteiger partial charge in [-0.1, -0.05) is 6.07 Å². The smallest absolute Gasteiger partial charge is 0.545 e. The summed E-state index contributed by atoms with van der Waals surface area (Å²) in [5.41, 5.74) is 3.25. The molecule has 0 atom stereocenters. The van der Waals surface area contributed by atoms with E-state index >= 15 is 0 Å². The minimum Gasteiger partial charge on any atom is -0.545 e. The maximum Gasteiger partial charge on any atom is 1.00 e. The van der Waals surface area contributed by atoms with Gasteiger partial charge in [-0.05, 0) is 23.8 Å². The molecule has 7 nitrogen and oxygen atoms in total. The number of pyridine rings is 1. The fraction of sp³-hybridized carbons (Fsp3) is 0.0625. The molecular weight excluding hydrogens is 317 g/mol. The summed E-state index contributed by atoms with van der Waals surface area (Å²) in [5.74, 6) is -1.24. The van der Waals surface area contributed by atoms with Gasteiger partial charge in [-0.3, -0.25) is 9.67 Å². The molecule has 0 saturated heterocycles. The number of carboxylic acids is 1. The van der Waals surface area contributed by atoms with E-state index in [1.165, 1.54) is 12.1 Å². The van der Waals surface area contributed by atoms with Crippen LogP contribution in [0.15, 0.2) is 42.9 Å². The van der Waals surface area contributed by atoms with E-state index in [1.54, 1.807) is 23.1 Å². The molecule has 24 heavy (non-hydrogen) atoms. The Labute approximate surface area is 158 Å². The first-order valence-corrected chi connectivity index (χ1v) is 6.88. The minimum atomic E-state index is -1.24. The van der Waals surface area contributed by atoms with Crippen molar-refractivity contribution in [3.05, 3.63) is 48.4 Å². The van der Waals surface area contributed by atoms with Gasteiger partial charge in [0.15, 0.2) is 5.65 Å². The molecular formula is C16H10N5NaO2. The summed E-state index contributed by atoms with van der Waals surface area (Å²) in [6.07, 6.45) is 5.18. The van der Waals surface area contributed by atoms with Crippen LogP contribution in [0, 0.1) is 0 Å². The number of carbonyl (C=O) groups excluding carboxylic acids is 1. The Bertz CT molecular complexity index is 1080. The van der Waals surface area contributed by atoms with Gasteiger partial charge in [0.2, 0.25) is 0 Å². The van der Waals surface area contributed by atoms with Crippen molar-refractivity contribution in [1.29, 1.82) is 0 Å². The fourth-order valence-corrected chi connectivity index (χ4v) is 2.45. The van der Waals surface area contributed by atoms with Gasteiger partial charge in [0.1, 0.15) is 0 Å². The zero-order chi connectivity index (χ0) is 16.0. The second-order valence-electron chi connectivity index (χ2n) is 5.19. The average Bonchev–Trinajstić information content (AvgIpc) is 2.92. The number of hydrogen-bond donors (Lipinski definition) is 0. The Morgan fingerprint density at radius 1 is 1.12 bits per heavy atom. The van der Waals surface area contributed by atoms with E-state index < -0.39 is 5.97 Å². The van der Waals surface area contributed by atoms with E-state index in [0.717, 1.165) is 10.9 Å². The number of aromatic nitrogens is 5. The Kier molecular flexibility index (Phi) is 4.31. The van der Waals surface area contributed by atoms with Crippen LogP contribution in [0.2, 0.25) is 0 Å². The van der Waals surface area contributed by atoms with Crippen molar-refractivity contribution in [3.8, 4) is 11.3 Å². The number of carboxylic acid groups (broad SMARTS) is 1. The number of hydrogen-bond acceptors (Lipinski definition) is 6. The van der Waals surface area contributed by atoms with Crippen molar-refractivity contribution in [3.63, 3.8) is 0 Å². The van der Waals surface area contributed by atoms with Gasteiger partial charge in [0.25, 0.3) is 0 Å². The monoisotopic (exact) mass is 327 g/mol. The maximum absolute atomic E-state index is 11.0. The third kappa shape index (κ3) is 2.89. The third-order valence-electron chi connectivity index (χ3n) is 3.55. The Morgan fingerprint density at radius 2 is 1.96 bits per heavy atom. The predicted octanol–water partition coefficient (Wildman–Crippen LogP) is -2.05. The summed E-state index contributed by atoms with van der Waals surface area (Å²) in [7, 11) is 1.83. The third-order valence-corrected chi connectivity index (χ3v) is 3.55. The SMILES string of the molecule is Cn1cc2cc(-c3cnc4ccc(C(=O)[O-])cc4n3)cnc2n1.[Na+]. The van der Waals surface area contributed by atoms with Crippen LogP contribution in [0.4, 0.5) is 0 Å². The molecule has 0 radical (unpaired) electrons. The van der Waals surface area contributed by atoms with Crippen molar-refractivity contribution >= 4 is 28.0 Å². The molecule has 0 aliphatic heterocycles. The molecule has 112 valence electrons. The molecule has 0 bridgehead atoms. The molecule has 0 fully saturated rings. The van der Waals surface area contributed by atoms with Crippen LogP contribution in [0.25, 0.3) is 33.3 Å². The van der Waals surface area contributed by atoms with Gasteiger partial charge < -0.3 is 9.90 Å². The van der Waals surface area contributed by atoms with E-state index in [0.29, 0.717) is 22.4 Å². The summed E-state index contributed by atoms with van der Waals surface area (Å²) in [4.78, 5) is 24.1. The van der Waals surface area contributed by atoms with Gasteiger partial charge in [-0.15, -0.1) is 0 Å². The van der Waals surface area contributed by atoms with Crippen molar-refractivity contribution in [2.45, 2.75) is 0 Å². The van der Waals surface area contributed by atoms with Gasteiger partial charge in [-0.2, -0.15) is 5.10 Å². The predicted molar refractivity (Wildman–Crippen MR) is 81.4 cm³/mol. The number of aryl methyl sites for hydroxylation is 1. The van der Waals surface area contributed by atoms with E-state index in [4.69, 9.17) is 0 Å². The van der Waals surface area contributed by atoms with E-state index in [1.807, 2.05) is 19.3 Å². The molecule has 0 spiro atoms. The van der Waals surface area contributed by atoms with Crippen LogP contribution < -0.4 is 34.7 Å². The number of fused-ring (bicyclic) bond motifs is 2. The first-order valence-electron chi connectivity index (χ1n) is 6.88. The van der Waals surface area contributed by atoms with E-state index in [-0.39, 0.29) is 35.1 Å². The Morgan fingerprint density at radius 3 is 2.75 bits per heavy atom. The molecule has 0 aliphatic rings. The van der Waals surface area contributed by atoms with Crippen LogP contribution in [0.3, 0.4) is 0 Å². The van der Waals surface area contributed by atoms with Gasteiger partial charge in [0.05, 0.1) is 28.9 Å². The van der Waals surface area contributed by atoms with Gasteiger partial charge >= 0.3 is 29.6 Å². The van der Waals surface area contributed by atoms with Crippen molar-refractivity contribution < 1.29 is 39.5 Å². The fourth-order valence-electron chi connectivity index (χ4n) is 2.45. The van der Waals surface area contributed by atoms with E-state index in [2.05, 4.69) is 20.1 Å². The van der Waals surface area contributed by atoms with Gasteiger partial charge in [0, 0.05) is 30.4 Å². The zero-order valence-electron chi connectivity index (χ0n) is 13.1. The van der Waals surface area contributed by atoms with Crippen LogP contribution in [0.1, 0.15) is 10.4 Å². The molecule has 3 heterocycles. The maximum atomic E-state index is 11.0. The topological polar surface area (TPSA) is 96.6 Å². The number of rotatable bonds is 2. The van der Waals surface area contributed by atoms with E-state index in [9.17, 15) is 9.90 Å². The summed E-state index contributed by atoms with van der Waals surface area (Å²) in [5, 5.41) is 16.1. The summed E-state index contributed by atoms with van der Waals surface area (Å²) < 4.78 is 1.69. The number of nitrogens with zero attached hydrogens (tertiary/aromatic N) is 5. The molecule has 0 unspecified atom stereocenters. The van der Waals surface area contributed by atoms with Crippen molar-refractivity contribution in [1.82, 2.24) is 24.7 Å². The molecule has 0 N–H and O–H groups in total. The first kappa shape index (κ1) is 16.5. The molecule has 0 aliphatic carbocycles. The molecule has 0 amide bonds. The molecule has 8 heteroatoms. The van der Waals surface area contributed by atoms with Crippen LogP contribution in [-0.2, 0) is 7.05 Å². The van der Waals surface area contributed by atoms with Crippen molar-refractivity contribution in [2.75, 3.05) is 0 Å². The number of benzene rings is 1. The van der Waals surface area contributed by atoms with Crippen LogP contribution in [0.5, 0.6) is 0 Å². The second kappa shape index (κ2) is 6.27. The zero-order valence-corrected chi connectivity index (χ0v) is 15.1. The molecule has 4 aromatic rings. The standard InChI is InChI=1S/C16H11N5O2.Na/c1-21-8-11-4-10(6-18-15(11)20-21)14-7-17-12-3-2-9(16(22)23)5-13(12)19-14;/h2-8H,1H3,(H,22,23);/q;+1/p-1. The average molecular weight is 327 g/mol. The largest absolute Gasteiger partial charge is 1.00 e. The summed E-state index contributed by atoms with van der Waals surface area (Å²) in [6, 6.07) is 6.44. The van der Waals surface area contributed by atoms with Crippen molar-refractivity contribution in [2.24, 2.45) is 7.05 Å². The van der Waals surface area contributed by atoms with Crippen LogP contribution in [-0.4, -0.2) is 30.7 Å². The van der Waals surface area contributed by atoms with Gasteiger partial charge in [-0.25, -0.2) is 9.97 Å². The molecule has 1 aromatic carbocycles. The Balaban J connectivity index is 0.00000169.